The van der Waals surface area contributed by atoms with Crippen LogP contribution >= 0.6 is 11.3 Å². The maximum Gasteiger partial charge on any atom is 0.323 e. The Labute approximate surface area is 114 Å². The Hall–Kier alpha value is -1.67. The van der Waals surface area contributed by atoms with Gasteiger partial charge in [0.05, 0.1) is 19.3 Å². The van der Waals surface area contributed by atoms with Crippen LogP contribution in [0.1, 0.15) is 4.88 Å². The standard InChI is InChI=1S/C11H15N3O4S/c1-6-3-12-10(19-6)13-11(17)14(2)8-5-18-4-7(8)9(15)16/h3,7-8H,4-5H2,1-2H3,(H,15,16)(H,12,13,17). The predicted octanol–water partition coefficient (Wildman–Crippen LogP) is 1.01. The first-order valence-corrected chi connectivity index (χ1v) is 6.57. The number of carboxylic acid groups (broad SMARTS) is 1. The lowest BCUT2D eigenvalue weighted by atomic mass is 10.0. The molecule has 0 spiro atoms. The molecule has 2 rings (SSSR count). The van der Waals surface area contributed by atoms with Crippen LogP contribution in [0.4, 0.5) is 9.93 Å². The average molecular weight is 285 g/mol. The summed E-state index contributed by atoms with van der Waals surface area (Å²) in [6.07, 6.45) is 1.67. The van der Waals surface area contributed by atoms with E-state index in [0.29, 0.717) is 5.13 Å². The quantitative estimate of drug-likeness (QED) is 0.865. The van der Waals surface area contributed by atoms with Gasteiger partial charge in [-0.1, -0.05) is 0 Å². The lowest BCUT2D eigenvalue weighted by Gasteiger charge is -2.25. The van der Waals surface area contributed by atoms with Crippen molar-refractivity contribution < 1.29 is 19.4 Å². The van der Waals surface area contributed by atoms with Gasteiger partial charge in [-0.15, -0.1) is 11.3 Å². The van der Waals surface area contributed by atoms with Gasteiger partial charge in [0.25, 0.3) is 0 Å². The molecule has 1 aromatic heterocycles. The number of urea groups is 1. The van der Waals surface area contributed by atoms with Gasteiger partial charge in [0.1, 0.15) is 5.92 Å². The van der Waals surface area contributed by atoms with Crippen molar-refractivity contribution in [3.8, 4) is 0 Å². The number of nitrogens with one attached hydrogen (secondary N) is 1. The van der Waals surface area contributed by atoms with Crippen molar-refractivity contribution in [2.45, 2.75) is 13.0 Å². The second-order valence-corrected chi connectivity index (χ2v) is 5.60. The highest BCUT2D eigenvalue weighted by molar-refractivity contribution is 7.15. The number of carbonyl (C=O) groups excluding carboxylic acids is 1. The Morgan fingerprint density at radius 1 is 1.58 bits per heavy atom. The van der Waals surface area contributed by atoms with Crippen molar-refractivity contribution >= 4 is 28.5 Å². The molecule has 19 heavy (non-hydrogen) atoms. The number of carboxylic acids is 1. The Balaban J connectivity index is 2.00. The van der Waals surface area contributed by atoms with Gasteiger partial charge >= 0.3 is 12.0 Å². The Morgan fingerprint density at radius 2 is 2.32 bits per heavy atom. The van der Waals surface area contributed by atoms with Crippen LogP contribution in [-0.2, 0) is 9.53 Å². The van der Waals surface area contributed by atoms with E-state index in [9.17, 15) is 9.59 Å². The fourth-order valence-corrected chi connectivity index (χ4v) is 2.56. The Bertz CT molecular complexity index is 490. The number of aliphatic carboxylic acids is 1. The molecular formula is C11H15N3O4S. The first-order valence-electron chi connectivity index (χ1n) is 5.76. The van der Waals surface area contributed by atoms with Gasteiger partial charge in [-0.3, -0.25) is 10.1 Å². The Kier molecular flexibility index (Phi) is 4.01. The molecule has 1 aliphatic rings. The summed E-state index contributed by atoms with van der Waals surface area (Å²) in [4.78, 5) is 29.4. The van der Waals surface area contributed by atoms with Gasteiger partial charge in [-0.05, 0) is 6.92 Å². The number of ether oxygens (including phenoxy) is 1. The molecular weight excluding hydrogens is 270 g/mol. The molecule has 104 valence electrons. The molecule has 2 heterocycles. The van der Waals surface area contributed by atoms with Gasteiger partial charge in [0.2, 0.25) is 0 Å². The zero-order valence-electron chi connectivity index (χ0n) is 10.6. The number of hydrogen-bond donors (Lipinski definition) is 2. The van der Waals surface area contributed by atoms with E-state index in [0.717, 1.165) is 4.88 Å². The topological polar surface area (TPSA) is 91.8 Å². The van der Waals surface area contributed by atoms with Crippen molar-refractivity contribution in [3.05, 3.63) is 11.1 Å². The maximum atomic E-state index is 12.0. The second kappa shape index (κ2) is 5.54. The molecule has 0 aliphatic carbocycles. The molecule has 0 aromatic carbocycles. The van der Waals surface area contributed by atoms with E-state index in [4.69, 9.17) is 9.84 Å². The third-order valence-electron chi connectivity index (χ3n) is 3.02. The number of aryl methyl sites for hydroxylation is 1. The summed E-state index contributed by atoms with van der Waals surface area (Å²) in [5, 5.41) is 12.2. The molecule has 1 aliphatic heterocycles. The summed E-state index contributed by atoms with van der Waals surface area (Å²) in [6.45, 7) is 2.26. The number of thiazole rings is 1. The van der Waals surface area contributed by atoms with Crippen molar-refractivity contribution in [1.29, 1.82) is 0 Å². The zero-order chi connectivity index (χ0) is 14.0. The van der Waals surface area contributed by atoms with Crippen molar-refractivity contribution in [1.82, 2.24) is 9.88 Å². The van der Waals surface area contributed by atoms with E-state index >= 15 is 0 Å². The van der Waals surface area contributed by atoms with E-state index < -0.39 is 17.9 Å². The Morgan fingerprint density at radius 3 is 2.89 bits per heavy atom. The number of hydrogen-bond acceptors (Lipinski definition) is 5. The smallest absolute Gasteiger partial charge is 0.323 e. The lowest BCUT2D eigenvalue weighted by molar-refractivity contribution is -0.142. The van der Waals surface area contributed by atoms with Crippen LogP contribution in [0.3, 0.4) is 0 Å². The van der Waals surface area contributed by atoms with E-state index in [2.05, 4.69) is 10.3 Å². The molecule has 7 nitrogen and oxygen atoms in total. The van der Waals surface area contributed by atoms with Crippen molar-refractivity contribution in [3.63, 3.8) is 0 Å². The van der Waals surface area contributed by atoms with E-state index in [1.54, 1.807) is 13.2 Å². The van der Waals surface area contributed by atoms with E-state index in [-0.39, 0.29) is 19.2 Å². The molecule has 8 heteroatoms. The third kappa shape index (κ3) is 3.02. The molecule has 2 unspecified atom stereocenters. The van der Waals surface area contributed by atoms with Crippen molar-refractivity contribution in [2.75, 3.05) is 25.6 Å². The van der Waals surface area contributed by atoms with Crippen molar-refractivity contribution in [2.24, 2.45) is 5.92 Å². The highest BCUT2D eigenvalue weighted by atomic mass is 32.1. The molecule has 1 saturated heterocycles. The molecule has 2 N–H and O–H groups in total. The lowest BCUT2D eigenvalue weighted by Crippen LogP contribution is -2.45. The third-order valence-corrected chi connectivity index (χ3v) is 3.85. The van der Waals surface area contributed by atoms with Gasteiger partial charge in [0.15, 0.2) is 5.13 Å². The number of anilines is 1. The maximum absolute atomic E-state index is 12.0. The van der Waals surface area contributed by atoms with Crippen LogP contribution in [0.25, 0.3) is 0 Å². The highest BCUT2D eigenvalue weighted by Gasteiger charge is 2.38. The number of likely N-dealkylation sites (N-methyl/N-ethyl adjacent to an activating group) is 1. The SMILES string of the molecule is Cc1cnc(NC(=O)N(C)C2COCC2C(=O)O)s1. The van der Waals surface area contributed by atoms with Crippen LogP contribution < -0.4 is 5.32 Å². The van der Waals surface area contributed by atoms with E-state index in [1.807, 2.05) is 6.92 Å². The van der Waals surface area contributed by atoms with Crippen LogP contribution in [0, 0.1) is 12.8 Å². The molecule has 1 fully saturated rings. The van der Waals surface area contributed by atoms with Gasteiger partial charge in [-0.25, -0.2) is 9.78 Å². The summed E-state index contributed by atoms with van der Waals surface area (Å²) in [7, 11) is 1.56. The van der Waals surface area contributed by atoms with Crippen LogP contribution in [-0.4, -0.2) is 53.3 Å². The summed E-state index contributed by atoms with van der Waals surface area (Å²) in [5.41, 5.74) is 0. The largest absolute Gasteiger partial charge is 0.481 e. The number of aromatic nitrogens is 1. The summed E-state index contributed by atoms with van der Waals surface area (Å²) < 4.78 is 5.14. The minimum absolute atomic E-state index is 0.133. The second-order valence-electron chi connectivity index (χ2n) is 4.37. The molecule has 0 radical (unpaired) electrons. The van der Waals surface area contributed by atoms with Crippen LogP contribution in [0.2, 0.25) is 0 Å². The zero-order valence-corrected chi connectivity index (χ0v) is 11.4. The molecule has 2 atom stereocenters. The fraction of sp³-hybridized carbons (Fsp3) is 0.545. The number of carbonyl (C=O) groups is 2. The first-order chi connectivity index (χ1) is 8.99. The summed E-state index contributed by atoms with van der Waals surface area (Å²) in [5.74, 6) is -1.64. The highest BCUT2D eigenvalue weighted by Crippen LogP contribution is 2.21. The normalized spacial score (nSPS) is 22.2. The molecule has 0 bridgehead atoms. The minimum Gasteiger partial charge on any atom is -0.481 e. The number of rotatable bonds is 3. The fourth-order valence-electron chi connectivity index (χ4n) is 1.90. The minimum atomic E-state index is -0.952. The summed E-state index contributed by atoms with van der Waals surface area (Å²) in [6, 6.07) is -0.838. The average Bonchev–Trinajstić information content (AvgIpc) is 2.97. The van der Waals surface area contributed by atoms with Crippen LogP contribution in [0.5, 0.6) is 0 Å². The first kappa shape index (κ1) is 13.8. The van der Waals surface area contributed by atoms with Gasteiger partial charge in [0, 0.05) is 18.1 Å². The summed E-state index contributed by atoms with van der Waals surface area (Å²) >= 11 is 1.37. The number of amides is 2. The monoisotopic (exact) mass is 285 g/mol. The molecule has 0 saturated carbocycles. The molecule has 2 amide bonds. The van der Waals surface area contributed by atoms with Crippen LogP contribution in [0.15, 0.2) is 6.20 Å². The van der Waals surface area contributed by atoms with E-state index in [1.165, 1.54) is 16.2 Å². The van der Waals surface area contributed by atoms with Gasteiger partial charge < -0.3 is 14.7 Å². The molecule has 1 aromatic rings. The van der Waals surface area contributed by atoms with Gasteiger partial charge in [-0.2, -0.15) is 0 Å². The number of nitrogens with zero attached hydrogens (tertiary/aromatic N) is 2. The predicted molar refractivity (Wildman–Crippen MR) is 69.4 cm³/mol.